The van der Waals surface area contributed by atoms with Gasteiger partial charge < -0.3 is 14.6 Å². The van der Waals surface area contributed by atoms with E-state index in [9.17, 15) is 13.2 Å². The van der Waals surface area contributed by atoms with Gasteiger partial charge in [0.15, 0.2) is 0 Å². The van der Waals surface area contributed by atoms with Crippen molar-refractivity contribution in [3.05, 3.63) is 22.4 Å². The molecule has 0 aromatic carbocycles. The van der Waals surface area contributed by atoms with E-state index in [0.717, 1.165) is 39.1 Å². The fourth-order valence-corrected chi connectivity index (χ4v) is 3.59. The summed E-state index contributed by atoms with van der Waals surface area (Å²) < 4.78 is 43.2. The van der Waals surface area contributed by atoms with Gasteiger partial charge in [0.05, 0.1) is 11.7 Å². The van der Waals surface area contributed by atoms with E-state index in [1.165, 1.54) is 5.56 Å². The minimum atomic E-state index is -5.08. The lowest BCUT2D eigenvalue weighted by Gasteiger charge is -2.53. The Labute approximate surface area is 142 Å². The number of aliphatic carboxylic acids is 1. The number of rotatable bonds is 3. The van der Waals surface area contributed by atoms with Crippen molar-refractivity contribution in [3.63, 3.8) is 0 Å². The summed E-state index contributed by atoms with van der Waals surface area (Å²) in [7, 11) is 1.81. The van der Waals surface area contributed by atoms with E-state index >= 15 is 0 Å². The average molecular weight is 367 g/mol. The van der Waals surface area contributed by atoms with E-state index in [0.29, 0.717) is 6.10 Å². The van der Waals surface area contributed by atoms with E-state index in [2.05, 4.69) is 21.7 Å². The van der Waals surface area contributed by atoms with Crippen LogP contribution in [0.25, 0.3) is 0 Å². The number of ether oxygens (including phenoxy) is 2. The molecule has 0 saturated carbocycles. The van der Waals surface area contributed by atoms with Gasteiger partial charge in [0.2, 0.25) is 0 Å². The number of hydrogen-bond acceptors (Lipinski definition) is 5. The molecule has 1 N–H and O–H groups in total. The highest BCUT2D eigenvalue weighted by Crippen LogP contribution is 2.35. The molecule has 0 radical (unpaired) electrons. The van der Waals surface area contributed by atoms with Crippen LogP contribution in [0.15, 0.2) is 16.8 Å². The lowest BCUT2D eigenvalue weighted by molar-refractivity contribution is -0.195. The summed E-state index contributed by atoms with van der Waals surface area (Å²) in [4.78, 5) is 11.4. The van der Waals surface area contributed by atoms with Gasteiger partial charge in [0.25, 0.3) is 0 Å². The molecule has 1 unspecified atom stereocenters. The first-order chi connectivity index (χ1) is 11.2. The van der Waals surface area contributed by atoms with Crippen LogP contribution in [0.1, 0.15) is 18.4 Å². The Kier molecular flexibility index (Phi) is 6.24. The third-order valence-electron chi connectivity index (χ3n) is 4.03. The predicted octanol–water partition coefficient (Wildman–Crippen LogP) is 2.76. The van der Waals surface area contributed by atoms with Gasteiger partial charge in [-0.05, 0) is 28.8 Å². The molecule has 2 aliphatic rings. The summed E-state index contributed by atoms with van der Waals surface area (Å²) in [5.74, 6) is -2.76. The standard InChI is InChI=1S/C13H19NO2S.C2HF3O2/c1-15-12-2-4-16-13(6-12)9-14(10-13)7-11-3-5-17-8-11;3-2(4,5)1(6)7/h3,5,8,12H,2,4,6-7,9-10H2,1H3;(H,6,7). The summed E-state index contributed by atoms with van der Waals surface area (Å²) in [6, 6.07) is 2.20. The molecule has 3 heterocycles. The van der Waals surface area contributed by atoms with Gasteiger partial charge in [-0.3, -0.25) is 4.90 Å². The van der Waals surface area contributed by atoms with E-state index < -0.39 is 12.1 Å². The summed E-state index contributed by atoms with van der Waals surface area (Å²) in [6.45, 7) is 4.03. The van der Waals surface area contributed by atoms with Gasteiger partial charge in [-0.15, -0.1) is 0 Å². The molecule has 5 nitrogen and oxygen atoms in total. The SMILES string of the molecule is COC1CCOC2(C1)CN(Cc1ccsc1)C2.O=C(O)C(F)(F)F. The van der Waals surface area contributed by atoms with Crippen LogP contribution in [-0.2, 0) is 20.8 Å². The van der Waals surface area contributed by atoms with Crippen LogP contribution in [0.2, 0.25) is 0 Å². The number of carbonyl (C=O) groups is 1. The Hall–Kier alpha value is -1.16. The van der Waals surface area contributed by atoms with Crippen LogP contribution in [-0.4, -0.2) is 60.7 Å². The second-order valence-electron chi connectivity index (χ2n) is 5.96. The Morgan fingerprint density at radius 2 is 2.21 bits per heavy atom. The normalized spacial score (nSPS) is 23.2. The maximum Gasteiger partial charge on any atom is 0.490 e. The summed E-state index contributed by atoms with van der Waals surface area (Å²) >= 11 is 1.77. The van der Waals surface area contributed by atoms with Crippen molar-refractivity contribution in [1.82, 2.24) is 4.90 Å². The maximum absolute atomic E-state index is 10.6. The van der Waals surface area contributed by atoms with E-state index in [1.807, 2.05) is 7.11 Å². The van der Waals surface area contributed by atoms with Gasteiger partial charge in [-0.25, -0.2) is 4.79 Å². The molecule has 136 valence electrons. The largest absolute Gasteiger partial charge is 0.490 e. The zero-order chi connectivity index (χ0) is 17.8. The number of hydrogen-bond donors (Lipinski definition) is 1. The van der Waals surface area contributed by atoms with Crippen LogP contribution in [0.3, 0.4) is 0 Å². The molecule has 2 fully saturated rings. The molecule has 0 aliphatic carbocycles. The first kappa shape index (κ1) is 19.2. The third kappa shape index (κ3) is 5.17. The summed E-state index contributed by atoms with van der Waals surface area (Å²) in [6.07, 6.45) is -2.58. The Morgan fingerprint density at radius 3 is 2.71 bits per heavy atom. The van der Waals surface area contributed by atoms with Gasteiger partial charge >= 0.3 is 12.1 Å². The summed E-state index contributed by atoms with van der Waals surface area (Å²) in [5.41, 5.74) is 1.51. The smallest absolute Gasteiger partial charge is 0.475 e. The first-order valence-electron chi connectivity index (χ1n) is 7.44. The topological polar surface area (TPSA) is 59.0 Å². The zero-order valence-corrected chi connectivity index (χ0v) is 14.0. The monoisotopic (exact) mass is 367 g/mol. The fraction of sp³-hybridized carbons (Fsp3) is 0.667. The third-order valence-corrected chi connectivity index (χ3v) is 4.77. The van der Waals surface area contributed by atoms with Crippen LogP contribution in [0, 0.1) is 0 Å². The number of nitrogens with zero attached hydrogens (tertiary/aromatic N) is 1. The lowest BCUT2D eigenvalue weighted by atomic mass is 9.84. The Morgan fingerprint density at radius 1 is 1.54 bits per heavy atom. The predicted molar refractivity (Wildman–Crippen MR) is 82.0 cm³/mol. The molecule has 1 atom stereocenters. The molecular formula is C15H20F3NO4S. The van der Waals surface area contributed by atoms with Crippen LogP contribution in [0.4, 0.5) is 13.2 Å². The van der Waals surface area contributed by atoms with Crippen LogP contribution in [0.5, 0.6) is 0 Å². The second kappa shape index (κ2) is 7.81. The van der Waals surface area contributed by atoms with Crippen molar-refractivity contribution in [2.45, 2.75) is 37.3 Å². The van der Waals surface area contributed by atoms with Gasteiger partial charge in [-0.1, -0.05) is 0 Å². The Balaban J connectivity index is 0.000000256. The van der Waals surface area contributed by atoms with Gasteiger partial charge in [-0.2, -0.15) is 24.5 Å². The minimum Gasteiger partial charge on any atom is -0.475 e. The number of carboxylic acid groups (broad SMARTS) is 1. The second-order valence-corrected chi connectivity index (χ2v) is 6.74. The number of thiophene rings is 1. The van der Waals surface area contributed by atoms with Crippen molar-refractivity contribution in [3.8, 4) is 0 Å². The maximum atomic E-state index is 10.6. The fourth-order valence-electron chi connectivity index (χ4n) is 2.93. The minimum absolute atomic E-state index is 0.0922. The van der Waals surface area contributed by atoms with Gasteiger partial charge in [0.1, 0.15) is 0 Å². The molecule has 3 rings (SSSR count). The number of methoxy groups -OCH3 is 1. The van der Waals surface area contributed by atoms with E-state index in [-0.39, 0.29) is 5.60 Å². The van der Waals surface area contributed by atoms with Crippen molar-refractivity contribution < 1.29 is 32.5 Å². The van der Waals surface area contributed by atoms with E-state index in [1.54, 1.807) is 11.3 Å². The van der Waals surface area contributed by atoms with Crippen molar-refractivity contribution in [2.24, 2.45) is 0 Å². The average Bonchev–Trinajstić information content (AvgIpc) is 2.98. The zero-order valence-electron chi connectivity index (χ0n) is 13.2. The number of alkyl halides is 3. The highest BCUT2D eigenvalue weighted by Gasteiger charge is 2.47. The molecule has 24 heavy (non-hydrogen) atoms. The summed E-state index contributed by atoms with van der Waals surface area (Å²) in [5, 5.41) is 11.5. The molecule has 1 aromatic heterocycles. The highest BCUT2D eigenvalue weighted by atomic mass is 32.1. The van der Waals surface area contributed by atoms with E-state index in [4.69, 9.17) is 19.4 Å². The molecule has 1 aromatic rings. The molecule has 0 bridgehead atoms. The molecule has 1 spiro atoms. The van der Waals surface area contributed by atoms with Crippen molar-refractivity contribution >= 4 is 17.3 Å². The lowest BCUT2D eigenvalue weighted by Crippen LogP contribution is -2.65. The number of carboxylic acids is 1. The van der Waals surface area contributed by atoms with Crippen LogP contribution < -0.4 is 0 Å². The number of likely N-dealkylation sites (tertiary alicyclic amines) is 1. The number of halogens is 3. The molecule has 9 heteroatoms. The van der Waals surface area contributed by atoms with Crippen LogP contribution >= 0.6 is 11.3 Å². The molecule has 0 amide bonds. The quantitative estimate of drug-likeness (QED) is 0.890. The first-order valence-corrected chi connectivity index (χ1v) is 8.39. The van der Waals surface area contributed by atoms with Crippen molar-refractivity contribution in [2.75, 3.05) is 26.8 Å². The molecule has 2 aliphatic heterocycles. The molecule has 2 saturated heterocycles. The highest BCUT2D eigenvalue weighted by molar-refractivity contribution is 7.07. The van der Waals surface area contributed by atoms with Crippen molar-refractivity contribution in [1.29, 1.82) is 0 Å². The van der Waals surface area contributed by atoms with Gasteiger partial charge in [0, 0.05) is 39.8 Å². The molecular weight excluding hydrogens is 347 g/mol. The Bertz CT molecular complexity index is 529.